The van der Waals surface area contributed by atoms with Gasteiger partial charge in [-0.05, 0) is 70.6 Å². The van der Waals surface area contributed by atoms with Crippen molar-refractivity contribution in [3.05, 3.63) is 60.8 Å². The maximum atomic E-state index is 12.3. The molecule has 0 heterocycles. The summed E-state index contributed by atoms with van der Waals surface area (Å²) in [4.78, 5) is 12.3. The van der Waals surface area contributed by atoms with Crippen LogP contribution in [0, 0.1) is 0 Å². The van der Waals surface area contributed by atoms with E-state index in [1.807, 2.05) is 6.08 Å². The molecule has 1 amide bonds. The number of allylic oxidation sites excluding steroid dienone is 9. The standard InChI is InChI=1S/C43H77NO3/c1-3-5-7-9-11-13-15-17-19-20-21-22-23-24-25-26-28-30-32-34-36-38-42(46)41(40-45)44-43(47)39-37-35-33-31-29-27-18-16-14-12-10-8-6-4-2/h10,12,16,18,23-24,28,30,36,38,41-42,45-46H,3-9,11,13-15,17,19-22,25-27,29,31-35,37,39-40H2,1-2H3,(H,44,47)/b12-10-,18-16-,24-23+,30-28+,38-36+. The largest absolute Gasteiger partial charge is 0.394 e. The van der Waals surface area contributed by atoms with E-state index in [1.165, 1.54) is 109 Å². The third kappa shape index (κ3) is 35.2. The van der Waals surface area contributed by atoms with E-state index in [4.69, 9.17) is 0 Å². The highest BCUT2D eigenvalue weighted by Crippen LogP contribution is 2.13. The predicted octanol–water partition coefficient (Wildman–Crippen LogP) is 12.2. The molecule has 0 radical (unpaired) electrons. The molecular weight excluding hydrogens is 578 g/mol. The molecule has 2 atom stereocenters. The number of hydrogen-bond donors (Lipinski definition) is 3. The quantitative estimate of drug-likeness (QED) is 0.0470. The fourth-order valence-corrected chi connectivity index (χ4v) is 5.58. The van der Waals surface area contributed by atoms with Crippen LogP contribution in [0.15, 0.2) is 60.8 Å². The number of aliphatic hydroxyl groups excluding tert-OH is 2. The first-order valence-electron chi connectivity index (χ1n) is 20.0. The van der Waals surface area contributed by atoms with E-state index in [0.717, 1.165) is 57.8 Å². The van der Waals surface area contributed by atoms with Crippen molar-refractivity contribution >= 4 is 5.91 Å². The zero-order chi connectivity index (χ0) is 34.3. The molecule has 3 N–H and O–H groups in total. The summed E-state index contributed by atoms with van der Waals surface area (Å²) in [7, 11) is 0. The van der Waals surface area contributed by atoms with Crippen LogP contribution in [-0.2, 0) is 4.79 Å². The van der Waals surface area contributed by atoms with Crippen molar-refractivity contribution in [1.29, 1.82) is 0 Å². The Morgan fingerprint density at radius 1 is 0.511 bits per heavy atom. The minimum Gasteiger partial charge on any atom is -0.394 e. The van der Waals surface area contributed by atoms with E-state index >= 15 is 0 Å². The molecule has 4 nitrogen and oxygen atoms in total. The summed E-state index contributed by atoms with van der Waals surface area (Å²) in [6, 6.07) is -0.653. The highest BCUT2D eigenvalue weighted by atomic mass is 16.3. The summed E-state index contributed by atoms with van der Waals surface area (Å²) >= 11 is 0. The van der Waals surface area contributed by atoms with Crippen LogP contribution in [0.4, 0.5) is 0 Å². The maximum absolute atomic E-state index is 12.3. The van der Waals surface area contributed by atoms with Crippen LogP contribution in [0.1, 0.15) is 187 Å². The molecule has 0 aromatic heterocycles. The van der Waals surface area contributed by atoms with Gasteiger partial charge in [-0.15, -0.1) is 0 Å². The minimum absolute atomic E-state index is 0.0952. The molecule has 4 heteroatoms. The minimum atomic E-state index is -0.877. The van der Waals surface area contributed by atoms with Gasteiger partial charge < -0.3 is 15.5 Å². The van der Waals surface area contributed by atoms with Crippen molar-refractivity contribution < 1.29 is 15.0 Å². The van der Waals surface area contributed by atoms with Gasteiger partial charge in [-0.25, -0.2) is 0 Å². The Labute approximate surface area is 292 Å². The van der Waals surface area contributed by atoms with Crippen LogP contribution in [-0.4, -0.2) is 34.9 Å². The van der Waals surface area contributed by atoms with Crippen molar-refractivity contribution in [3.63, 3.8) is 0 Å². The fraction of sp³-hybridized carbons (Fsp3) is 0.744. The van der Waals surface area contributed by atoms with Crippen LogP contribution in [0.2, 0.25) is 0 Å². The van der Waals surface area contributed by atoms with Crippen molar-refractivity contribution in [1.82, 2.24) is 5.32 Å². The van der Waals surface area contributed by atoms with Gasteiger partial charge in [0.25, 0.3) is 0 Å². The summed E-state index contributed by atoms with van der Waals surface area (Å²) in [5, 5.41) is 22.9. The Hall–Kier alpha value is -1.91. The van der Waals surface area contributed by atoms with Crippen LogP contribution in [0.3, 0.4) is 0 Å². The lowest BCUT2D eigenvalue weighted by molar-refractivity contribution is -0.123. The molecule has 0 aliphatic carbocycles. The van der Waals surface area contributed by atoms with Crippen LogP contribution in [0.5, 0.6) is 0 Å². The van der Waals surface area contributed by atoms with E-state index in [2.05, 4.69) is 67.8 Å². The lowest BCUT2D eigenvalue weighted by atomic mass is 10.1. The number of carbonyl (C=O) groups is 1. The Kier molecular flexibility index (Phi) is 37.0. The third-order valence-electron chi connectivity index (χ3n) is 8.70. The molecule has 2 unspecified atom stereocenters. The van der Waals surface area contributed by atoms with Gasteiger partial charge in [0.1, 0.15) is 0 Å². The first kappa shape index (κ1) is 45.1. The second-order valence-electron chi connectivity index (χ2n) is 13.3. The molecule has 0 rings (SSSR count). The average Bonchev–Trinajstić information content (AvgIpc) is 3.07. The van der Waals surface area contributed by atoms with E-state index < -0.39 is 12.1 Å². The molecule has 47 heavy (non-hydrogen) atoms. The molecular formula is C43H77NO3. The molecule has 0 aliphatic rings. The maximum Gasteiger partial charge on any atom is 0.220 e. The van der Waals surface area contributed by atoms with Crippen LogP contribution in [0.25, 0.3) is 0 Å². The molecule has 0 spiro atoms. The highest BCUT2D eigenvalue weighted by Gasteiger charge is 2.17. The summed E-state index contributed by atoms with van der Waals surface area (Å²) in [5.74, 6) is -0.0952. The zero-order valence-corrected chi connectivity index (χ0v) is 31.0. The lowest BCUT2D eigenvalue weighted by Gasteiger charge is -2.19. The third-order valence-corrected chi connectivity index (χ3v) is 8.70. The van der Waals surface area contributed by atoms with Gasteiger partial charge in [0.05, 0.1) is 18.8 Å². The Bertz CT molecular complexity index is 797. The Balaban J connectivity index is 3.71. The summed E-state index contributed by atoms with van der Waals surface area (Å²) in [5.41, 5.74) is 0. The fourth-order valence-electron chi connectivity index (χ4n) is 5.58. The normalized spacial score (nSPS) is 13.7. The molecule has 0 aliphatic heterocycles. The molecule has 272 valence electrons. The predicted molar refractivity (Wildman–Crippen MR) is 207 cm³/mol. The number of nitrogens with one attached hydrogen (secondary N) is 1. The van der Waals surface area contributed by atoms with E-state index in [9.17, 15) is 15.0 Å². The van der Waals surface area contributed by atoms with Crippen molar-refractivity contribution in [2.75, 3.05) is 6.61 Å². The van der Waals surface area contributed by atoms with Gasteiger partial charge in [-0.2, -0.15) is 0 Å². The molecule has 0 saturated carbocycles. The molecule has 0 aromatic carbocycles. The van der Waals surface area contributed by atoms with Gasteiger partial charge in [0.15, 0.2) is 0 Å². The summed E-state index contributed by atoms with van der Waals surface area (Å²) < 4.78 is 0. The number of carbonyl (C=O) groups excluding carboxylic acids is 1. The van der Waals surface area contributed by atoms with Crippen molar-refractivity contribution in [2.24, 2.45) is 0 Å². The average molecular weight is 656 g/mol. The summed E-state index contributed by atoms with van der Waals surface area (Å²) in [6.45, 7) is 4.23. The van der Waals surface area contributed by atoms with Gasteiger partial charge in [-0.3, -0.25) is 4.79 Å². The molecule has 0 aromatic rings. The second kappa shape index (κ2) is 38.5. The highest BCUT2D eigenvalue weighted by molar-refractivity contribution is 5.76. The topological polar surface area (TPSA) is 69.6 Å². The van der Waals surface area contributed by atoms with Crippen molar-refractivity contribution in [2.45, 2.75) is 199 Å². The van der Waals surface area contributed by atoms with Crippen LogP contribution < -0.4 is 5.32 Å². The number of rotatable bonds is 35. The van der Waals surface area contributed by atoms with Gasteiger partial charge in [0, 0.05) is 6.42 Å². The second-order valence-corrected chi connectivity index (χ2v) is 13.3. The zero-order valence-electron chi connectivity index (χ0n) is 31.0. The first-order chi connectivity index (χ1) is 23.2. The number of hydrogen-bond acceptors (Lipinski definition) is 3. The van der Waals surface area contributed by atoms with Gasteiger partial charge in [0.2, 0.25) is 5.91 Å². The first-order valence-corrected chi connectivity index (χ1v) is 20.0. The van der Waals surface area contributed by atoms with E-state index in [-0.39, 0.29) is 12.5 Å². The van der Waals surface area contributed by atoms with Gasteiger partial charge >= 0.3 is 0 Å². The number of aliphatic hydroxyl groups is 2. The van der Waals surface area contributed by atoms with E-state index in [1.54, 1.807) is 6.08 Å². The SMILES string of the molecule is CCCC/C=C\C/C=C\CCCCCCCC(=O)NC(CO)C(O)/C=C/CC/C=C/CC/C=C/CCCCCCCCCCCCC. The summed E-state index contributed by atoms with van der Waals surface area (Å²) in [6.07, 6.45) is 53.1. The monoisotopic (exact) mass is 656 g/mol. The molecule has 0 bridgehead atoms. The Morgan fingerprint density at radius 2 is 0.915 bits per heavy atom. The van der Waals surface area contributed by atoms with Crippen molar-refractivity contribution in [3.8, 4) is 0 Å². The molecule has 0 fully saturated rings. The number of unbranched alkanes of at least 4 members (excludes halogenated alkanes) is 20. The smallest absolute Gasteiger partial charge is 0.220 e. The number of amides is 1. The van der Waals surface area contributed by atoms with Gasteiger partial charge in [-0.1, -0.05) is 171 Å². The molecule has 0 saturated heterocycles. The Morgan fingerprint density at radius 3 is 1.43 bits per heavy atom. The van der Waals surface area contributed by atoms with E-state index in [0.29, 0.717) is 6.42 Å². The lowest BCUT2D eigenvalue weighted by Crippen LogP contribution is -2.45. The van der Waals surface area contributed by atoms with Crippen LogP contribution >= 0.6 is 0 Å².